The summed E-state index contributed by atoms with van der Waals surface area (Å²) in [5.74, 6) is -0.724. The number of likely N-dealkylation sites (N-methyl/N-ethyl adjacent to an activating group) is 1. The number of alkyl halides is 2. The molecule has 3 heterocycles. The van der Waals surface area contributed by atoms with Crippen LogP contribution in [0, 0.1) is 11.3 Å². The van der Waals surface area contributed by atoms with Gasteiger partial charge in [-0.1, -0.05) is 12.1 Å². The van der Waals surface area contributed by atoms with Crippen LogP contribution in [0.4, 0.5) is 14.7 Å². The molecular formula is C27H30F2N6O3S. The highest BCUT2D eigenvalue weighted by Crippen LogP contribution is 2.28. The Balaban J connectivity index is 1.50. The van der Waals surface area contributed by atoms with E-state index in [1.54, 1.807) is 23.8 Å². The molecule has 0 saturated carbocycles. The van der Waals surface area contributed by atoms with Gasteiger partial charge in [0.05, 0.1) is 34.0 Å². The number of carbonyl (C=O) groups is 2. The normalized spacial score (nSPS) is 14.9. The number of amides is 2. The molecule has 0 spiro atoms. The first-order valence-corrected chi connectivity index (χ1v) is 13.3. The van der Waals surface area contributed by atoms with Gasteiger partial charge in [0.2, 0.25) is 5.95 Å². The van der Waals surface area contributed by atoms with Crippen molar-refractivity contribution in [2.45, 2.75) is 32.4 Å². The minimum absolute atomic E-state index is 0.0468. The Kier molecular flexibility index (Phi) is 8.74. The molecule has 1 aromatic carbocycles. The lowest BCUT2D eigenvalue weighted by Gasteiger charge is -2.39. The van der Waals surface area contributed by atoms with Crippen LogP contribution in [0.15, 0.2) is 48.0 Å². The number of ether oxygens (including phenoxy) is 1. The number of aromatic nitrogens is 2. The van der Waals surface area contributed by atoms with Gasteiger partial charge in [0.1, 0.15) is 11.6 Å². The fraction of sp³-hybridized carbons (Fsp3) is 0.407. The minimum atomic E-state index is -2.65. The summed E-state index contributed by atoms with van der Waals surface area (Å²) >= 11 is 0.724. The number of carbonyl (C=O) groups excluding carboxylic acids is 2. The number of rotatable bonds is 9. The van der Waals surface area contributed by atoms with Crippen LogP contribution >= 0.6 is 11.3 Å². The molecule has 206 valence electrons. The van der Waals surface area contributed by atoms with Gasteiger partial charge in [0, 0.05) is 38.8 Å². The first-order valence-electron chi connectivity index (χ1n) is 12.5. The van der Waals surface area contributed by atoms with E-state index in [0.29, 0.717) is 31.8 Å². The highest BCUT2D eigenvalue weighted by atomic mass is 32.1. The predicted molar refractivity (Wildman–Crippen MR) is 145 cm³/mol. The first kappa shape index (κ1) is 28.4. The smallest absolute Gasteiger partial charge is 0.272 e. The third-order valence-corrected chi connectivity index (χ3v) is 7.72. The molecule has 3 aromatic rings. The van der Waals surface area contributed by atoms with Crippen LogP contribution in [-0.4, -0.2) is 76.6 Å². The van der Waals surface area contributed by atoms with Crippen LogP contribution in [0.1, 0.15) is 34.8 Å². The molecule has 1 N–H and O–H groups in total. The summed E-state index contributed by atoms with van der Waals surface area (Å²) in [5, 5.41) is 12.5. The zero-order chi connectivity index (χ0) is 28.2. The molecule has 0 atom stereocenters. The van der Waals surface area contributed by atoms with Crippen molar-refractivity contribution in [3.63, 3.8) is 0 Å². The molecule has 0 aliphatic carbocycles. The molecule has 1 saturated heterocycles. The highest BCUT2D eigenvalue weighted by molar-refractivity contribution is 7.14. The first-order chi connectivity index (χ1) is 18.6. The van der Waals surface area contributed by atoms with Crippen LogP contribution < -0.4 is 5.32 Å². The van der Waals surface area contributed by atoms with Gasteiger partial charge in [-0.25, -0.2) is 13.8 Å². The van der Waals surface area contributed by atoms with Crippen molar-refractivity contribution in [2.24, 2.45) is 0 Å². The molecular weight excluding hydrogens is 526 g/mol. The van der Waals surface area contributed by atoms with Crippen LogP contribution in [0.2, 0.25) is 0 Å². The maximum absolute atomic E-state index is 13.2. The second-order valence-corrected chi connectivity index (χ2v) is 10.8. The largest absolute Gasteiger partial charge is 0.379 e. The number of imidazole rings is 1. The summed E-state index contributed by atoms with van der Waals surface area (Å²) < 4.78 is 33.1. The number of nitriles is 1. The van der Waals surface area contributed by atoms with Crippen molar-refractivity contribution in [2.75, 3.05) is 45.2 Å². The Bertz CT molecular complexity index is 1420. The van der Waals surface area contributed by atoms with Crippen molar-refractivity contribution in [1.29, 1.82) is 5.26 Å². The number of hydrogen-bond acceptors (Lipinski definition) is 7. The number of para-hydroxylation sites is 2. The number of nitrogens with zero attached hydrogens (tertiary/aromatic N) is 5. The standard InChI is InChI=1S/C27H30F2N6O3S/c1-27(2,34-12-14-38-15-13-34)16-18(17-30)25(37)33(3)10-11-35-20-7-5-4-6-19(20)31-26(35)32-24(36)22-9-8-21(39-22)23(28)29/h4-9,16,23H,10-15H2,1-3H3,(H,31,32,36)/b18-16-. The molecule has 2 amide bonds. The van der Waals surface area contributed by atoms with Crippen molar-refractivity contribution in [1.82, 2.24) is 19.4 Å². The summed E-state index contributed by atoms with van der Waals surface area (Å²) in [6.45, 7) is 7.06. The number of morpholine rings is 1. The molecule has 1 aliphatic rings. The third kappa shape index (κ3) is 6.50. The lowest BCUT2D eigenvalue weighted by Crippen LogP contribution is -2.49. The summed E-state index contributed by atoms with van der Waals surface area (Å²) in [5.41, 5.74) is 0.907. The lowest BCUT2D eigenvalue weighted by molar-refractivity contribution is -0.125. The van der Waals surface area contributed by atoms with E-state index >= 15 is 0 Å². The second kappa shape index (κ2) is 12.0. The summed E-state index contributed by atoms with van der Waals surface area (Å²) in [6, 6.07) is 11.9. The van der Waals surface area contributed by atoms with E-state index in [-0.39, 0.29) is 34.4 Å². The van der Waals surface area contributed by atoms with Gasteiger partial charge in [-0.2, -0.15) is 5.26 Å². The van der Waals surface area contributed by atoms with Gasteiger partial charge in [0.25, 0.3) is 18.2 Å². The monoisotopic (exact) mass is 556 g/mol. The van der Waals surface area contributed by atoms with Crippen LogP contribution in [-0.2, 0) is 16.1 Å². The number of thiophene rings is 1. The summed E-state index contributed by atoms with van der Waals surface area (Å²) in [6.07, 6.45) is -0.953. The van der Waals surface area contributed by atoms with Crippen LogP contribution in [0.3, 0.4) is 0 Å². The Morgan fingerprint density at radius 2 is 1.97 bits per heavy atom. The molecule has 0 radical (unpaired) electrons. The van der Waals surface area contributed by atoms with E-state index < -0.39 is 23.8 Å². The number of anilines is 1. The van der Waals surface area contributed by atoms with E-state index in [1.807, 2.05) is 38.1 Å². The minimum Gasteiger partial charge on any atom is -0.379 e. The molecule has 2 aromatic heterocycles. The summed E-state index contributed by atoms with van der Waals surface area (Å²) in [7, 11) is 1.62. The molecule has 9 nitrogen and oxygen atoms in total. The molecule has 4 rings (SSSR count). The van der Waals surface area contributed by atoms with Gasteiger partial charge >= 0.3 is 0 Å². The van der Waals surface area contributed by atoms with Crippen molar-refractivity contribution in [3.8, 4) is 6.07 Å². The molecule has 39 heavy (non-hydrogen) atoms. The van der Waals surface area contributed by atoms with Crippen LogP contribution in [0.5, 0.6) is 0 Å². The van der Waals surface area contributed by atoms with E-state index in [0.717, 1.165) is 16.9 Å². The zero-order valence-electron chi connectivity index (χ0n) is 22.0. The maximum atomic E-state index is 13.2. The van der Waals surface area contributed by atoms with Crippen molar-refractivity contribution >= 4 is 40.1 Å². The van der Waals surface area contributed by atoms with Gasteiger partial charge in [-0.15, -0.1) is 11.3 Å². The highest BCUT2D eigenvalue weighted by Gasteiger charge is 2.29. The SMILES string of the molecule is CN(CCn1c(NC(=O)c2ccc(C(F)F)s2)nc2ccccc21)C(=O)/C(C#N)=C\C(C)(C)N1CCOCC1. The van der Waals surface area contributed by atoms with Gasteiger partial charge in [0.15, 0.2) is 0 Å². The number of hydrogen-bond donors (Lipinski definition) is 1. The number of halogens is 2. The zero-order valence-corrected chi connectivity index (χ0v) is 22.8. The van der Waals surface area contributed by atoms with E-state index in [9.17, 15) is 23.6 Å². The lowest BCUT2D eigenvalue weighted by atomic mass is 9.98. The third-order valence-electron chi connectivity index (χ3n) is 6.63. The van der Waals surface area contributed by atoms with Crippen molar-refractivity contribution in [3.05, 3.63) is 57.8 Å². The topological polar surface area (TPSA) is 103 Å². The molecule has 1 aliphatic heterocycles. The summed E-state index contributed by atoms with van der Waals surface area (Å²) in [4.78, 5) is 34.1. The Morgan fingerprint density at radius 3 is 2.64 bits per heavy atom. The Morgan fingerprint density at radius 1 is 1.26 bits per heavy atom. The van der Waals surface area contributed by atoms with Gasteiger partial charge in [-0.3, -0.25) is 19.8 Å². The molecule has 12 heteroatoms. The fourth-order valence-corrected chi connectivity index (χ4v) is 5.19. The Hall–Kier alpha value is -3.66. The number of benzene rings is 1. The fourth-order valence-electron chi connectivity index (χ4n) is 4.44. The quantitative estimate of drug-likeness (QED) is 0.311. The molecule has 0 unspecified atom stereocenters. The Labute approximate surface area is 229 Å². The average molecular weight is 557 g/mol. The number of nitrogens with one attached hydrogen (secondary N) is 1. The van der Waals surface area contributed by atoms with E-state index in [4.69, 9.17) is 4.74 Å². The van der Waals surface area contributed by atoms with Gasteiger partial charge in [-0.05, 0) is 44.2 Å². The maximum Gasteiger partial charge on any atom is 0.272 e. The second-order valence-electron chi connectivity index (χ2n) is 9.68. The van der Waals surface area contributed by atoms with Gasteiger partial charge < -0.3 is 14.2 Å². The average Bonchev–Trinajstić information content (AvgIpc) is 3.56. The van der Waals surface area contributed by atoms with E-state index in [1.165, 1.54) is 17.0 Å². The predicted octanol–water partition coefficient (Wildman–Crippen LogP) is 4.31. The van der Waals surface area contributed by atoms with Crippen molar-refractivity contribution < 1.29 is 23.1 Å². The van der Waals surface area contributed by atoms with E-state index in [2.05, 4.69) is 15.2 Å². The number of fused-ring (bicyclic) bond motifs is 1. The van der Waals surface area contributed by atoms with Crippen LogP contribution in [0.25, 0.3) is 11.0 Å². The molecule has 1 fully saturated rings. The molecule has 0 bridgehead atoms.